The molecule has 0 aromatic carbocycles. The maximum atomic E-state index is 5.88. The summed E-state index contributed by atoms with van der Waals surface area (Å²) < 4.78 is 4.72. The number of hydrogen-bond donors (Lipinski definition) is 1. The van der Waals surface area contributed by atoms with E-state index in [1.807, 2.05) is 0 Å². The van der Waals surface area contributed by atoms with E-state index >= 15 is 0 Å². The Labute approximate surface area is 112 Å². The number of rotatable bonds is 2. The average molecular weight is 336 g/mol. The minimum Gasteiger partial charge on any atom is -0.370 e. The zero-order chi connectivity index (χ0) is 10.5. The molecule has 1 saturated heterocycles. The lowest BCUT2D eigenvalue weighted by Crippen LogP contribution is -2.40. The van der Waals surface area contributed by atoms with Crippen LogP contribution in [-0.2, 0) is 6.54 Å². The van der Waals surface area contributed by atoms with Gasteiger partial charge in [0.05, 0.1) is 6.54 Å². The van der Waals surface area contributed by atoms with Gasteiger partial charge in [0.25, 0.3) is 0 Å². The Morgan fingerprint density at radius 3 is 2.81 bits per heavy atom. The van der Waals surface area contributed by atoms with Crippen LogP contribution >= 0.6 is 24.0 Å². The molecular formula is C10H17IN4O. The van der Waals surface area contributed by atoms with Crippen molar-refractivity contribution >= 4 is 29.9 Å². The Morgan fingerprint density at radius 1 is 1.44 bits per heavy atom. The largest absolute Gasteiger partial charge is 0.370 e. The van der Waals surface area contributed by atoms with Crippen molar-refractivity contribution in [2.75, 3.05) is 13.1 Å². The molecule has 0 atom stereocenters. The number of aromatic nitrogens is 1. The van der Waals surface area contributed by atoms with Gasteiger partial charge in [0, 0.05) is 19.2 Å². The van der Waals surface area contributed by atoms with Gasteiger partial charge in [-0.15, -0.1) is 24.0 Å². The smallest absolute Gasteiger partial charge is 0.191 e. The predicted molar refractivity (Wildman–Crippen MR) is 72.7 cm³/mol. The summed E-state index contributed by atoms with van der Waals surface area (Å²) in [6, 6.07) is 1.80. The van der Waals surface area contributed by atoms with Gasteiger partial charge >= 0.3 is 0 Å². The molecule has 0 aliphatic carbocycles. The fourth-order valence-electron chi connectivity index (χ4n) is 1.70. The monoisotopic (exact) mass is 336 g/mol. The molecule has 0 amide bonds. The van der Waals surface area contributed by atoms with E-state index < -0.39 is 0 Å². The first kappa shape index (κ1) is 13.3. The number of nitrogens with zero attached hydrogens (tertiary/aromatic N) is 3. The summed E-state index contributed by atoms with van der Waals surface area (Å²) in [5.74, 6) is 0.623. The summed E-state index contributed by atoms with van der Waals surface area (Å²) >= 11 is 0. The molecule has 1 fully saturated rings. The fraction of sp³-hybridized carbons (Fsp3) is 0.600. The van der Waals surface area contributed by atoms with Crippen molar-refractivity contribution in [1.82, 2.24) is 10.1 Å². The van der Waals surface area contributed by atoms with Crippen LogP contribution in [0.2, 0.25) is 0 Å². The second kappa shape index (κ2) is 6.72. The summed E-state index contributed by atoms with van der Waals surface area (Å²) in [5.41, 5.74) is 6.70. The Hall–Kier alpha value is -0.790. The highest BCUT2D eigenvalue weighted by Gasteiger charge is 2.11. The molecule has 0 bridgehead atoms. The Morgan fingerprint density at radius 2 is 2.19 bits per heavy atom. The molecule has 0 saturated carbocycles. The third-order valence-corrected chi connectivity index (χ3v) is 2.57. The molecule has 1 aromatic rings. The minimum absolute atomic E-state index is 0. The predicted octanol–water partition coefficient (Wildman–Crippen LogP) is 1.59. The number of hydrogen-bond acceptors (Lipinski definition) is 3. The zero-order valence-electron chi connectivity index (χ0n) is 9.13. The van der Waals surface area contributed by atoms with Gasteiger partial charge in [0.2, 0.25) is 0 Å². The molecule has 6 heteroatoms. The molecule has 2 rings (SSSR count). The van der Waals surface area contributed by atoms with Crippen LogP contribution in [0.15, 0.2) is 21.8 Å². The molecule has 1 aromatic heterocycles. The third-order valence-electron chi connectivity index (χ3n) is 2.57. The van der Waals surface area contributed by atoms with Gasteiger partial charge in [-0.1, -0.05) is 5.16 Å². The van der Waals surface area contributed by atoms with Crippen molar-refractivity contribution < 1.29 is 4.52 Å². The van der Waals surface area contributed by atoms with E-state index in [0.29, 0.717) is 12.5 Å². The third kappa shape index (κ3) is 3.66. The highest BCUT2D eigenvalue weighted by atomic mass is 127. The zero-order valence-corrected chi connectivity index (χ0v) is 11.5. The van der Waals surface area contributed by atoms with Crippen LogP contribution in [0.4, 0.5) is 0 Å². The SMILES string of the molecule is I.NC(=NCc1ccon1)N1CCCCC1. The second-order valence-corrected chi connectivity index (χ2v) is 3.71. The molecule has 0 spiro atoms. The quantitative estimate of drug-likeness (QED) is 0.506. The van der Waals surface area contributed by atoms with E-state index in [9.17, 15) is 0 Å². The maximum absolute atomic E-state index is 5.88. The summed E-state index contributed by atoms with van der Waals surface area (Å²) in [7, 11) is 0. The summed E-state index contributed by atoms with van der Waals surface area (Å²) in [6.07, 6.45) is 5.26. The van der Waals surface area contributed by atoms with Gasteiger partial charge in [-0.25, -0.2) is 4.99 Å². The van der Waals surface area contributed by atoms with E-state index in [1.54, 1.807) is 12.3 Å². The number of likely N-dealkylation sites (tertiary alicyclic amines) is 1. The highest BCUT2D eigenvalue weighted by molar-refractivity contribution is 14.0. The van der Waals surface area contributed by atoms with Crippen molar-refractivity contribution in [1.29, 1.82) is 0 Å². The highest BCUT2D eigenvalue weighted by Crippen LogP contribution is 2.08. The summed E-state index contributed by atoms with van der Waals surface area (Å²) in [6.45, 7) is 2.54. The number of aliphatic imine (C=N–C) groups is 1. The van der Waals surface area contributed by atoms with Gasteiger partial charge in [0.1, 0.15) is 12.0 Å². The van der Waals surface area contributed by atoms with Crippen LogP contribution in [0, 0.1) is 0 Å². The van der Waals surface area contributed by atoms with Crippen molar-refractivity contribution in [2.24, 2.45) is 10.7 Å². The van der Waals surface area contributed by atoms with Crippen molar-refractivity contribution in [2.45, 2.75) is 25.8 Å². The number of halogens is 1. The first-order chi connectivity index (χ1) is 7.36. The number of guanidine groups is 1. The number of nitrogens with two attached hydrogens (primary N) is 1. The standard InChI is InChI=1S/C10H16N4O.HI/c11-10(14-5-2-1-3-6-14)12-8-9-4-7-15-13-9;/h4,7H,1-3,5-6,8H2,(H2,11,12);1H. The lowest BCUT2D eigenvalue weighted by Gasteiger charge is -2.27. The van der Waals surface area contributed by atoms with E-state index in [1.165, 1.54) is 19.3 Å². The van der Waals surface area contributed by atoms with Gasteiger partial charge in [-0.2, -0.15) is 0 Å². The van der Waals surface area contributed by atoms with Crippen LogP contribution in [0.1, 0.15) is 25.0 Å². The molecule has 0 radical (unpaired) electrons. The lowest BCUT2D eigenvalue weighted by molar-refractivity contribution is 0.338. The van der Waals surface area contributed by atoms with Crippen LogP contribution in [-0.4, -0.2) is 29.1 Å². The van der Waals surface area contributed by atoms with Crippen LogP contribution < -0.4 is 5.73 Å². The molecular weight excluding hydrogens is 319 g/mol. The molecule has 2 heterocycles. The molecule has 5 nitrogen and oxygen atoms in total. The van der Waals surface area contributed by atoms with E-state index in [-0.39, 0.29) is 24.0 Å². The first-order valence-electron chi connectivity index (χ1n) is 5.30. The summed E-state index contributed by atoms with van der Waals surface area (Å²) in [5, 5.41) is 3.78. The summed E-state index contributed by atoms with van der Waals surface area (Å²) in [4.78, 5) is 6.42. The van der Waals surface area contributed by atoms with E-state index in [4.69, 9.17) is 10.3 Å². The molecule has 2 N–H and O–H groups in total. The fourth-order valence-corrected chi connectivity index (χ4v) is 1.70. The van der Waals surface area contributed by atoms with Crippen LogP contribution in [0.25, 0.3) is 0 Å². The first-order valence-corrected chi connectivity index (χ1v) is 5.30. The van der Waals surface area contributed by atoms with Crippen molar-refractivity contribution in [3.63, 3.8) is 0 Å². The average Bonchev–Trinajstić information content (AvgIpc) is 2.80. The maximum Gasteiger partial charge on any atom is 0.191 e. The topological polar surface area (TPSA) is 67.6 Å². The Bertz CT molecular complexity index is 320. The van der Waals surface area contributed by atoms with Crippen LogP contribution in [0.3, 0.4) is 0 Å². The molecule has 16 heavy (non-hydrogen) atoms. The molecule has 1 aliphatic rings. The van der Waals surface area contributed by atoms with Crippen molar-refractivity contribution in [3.05, 3.63) is 18.0 Å². The van der Waals surface area contributed by atoms with Gasteiger partial charge < -0.3 is 15.2 Å². The normalized spacial score (nSPS) is 17.0. The Kier molecular flexibility index (Phi) is 5.58. The van der Waals surface area contributed by atoms with E-state index in [0.717, 1.165) is 18.8 Å². The molecule has 90 valence electrons. The van der Waals surface area contributed by atoms with Gasteiger partial charge in [0.15, 0.2) is 5.96 Å². The second-order valence-electron chi connectivity index (χ2n) is 3.71. The Balaban J connectivity index is 0.00000128. The van der Waals surface area contributed by atoms with E-state index in [2.05, 4.69) is 15.0 Å². The van der Waals surface area contributed by atoms with Crippen molar-refractivity contribution in [3.8, 4) is 0 Å². The molecule has 0 unspecified atom stereocenters. The molecule has 1 aliphatic heterocycles. The lowest BCUT2D eigenvalue weighted by atomic mass is 10.1. The van der Waals surface area contributed by atoms with Gasteiger partial charge in [-0.05, 0) is 19.3 Å². The minimum atomic E-state index is 0. The number of piperidine rings is 1. The van der Waals surface area contributed by atoms with Gasteiger partial charge in [-0.3, -0.25) is 0 Å². The van der Waals surface area contributed by atoms with Crippen LogP contribution in [0.5, 0.6) is 0 Å².